The number of hydrogen-bond acceptors (Lipinski definition) is 7. The molecule has 2 aromatic carbocycles. The molecule has 0 atom stereocenters. The van der Waals surface area contributed by atoms with Gasteiger partial charge in [-0.3, -0.25) is 15.1 Å². The zero-order valence-corrected chi connectivity index (χ0v) is 23.6. The van der Waals surface area contributed by atoms with E-state index < -0.39 is 5.82 Å². The van der Waals surface area contributed by atoms with Gasteiger partial charge in [-0.25, -0.2) is 13.8 Å². The summed E-state index contributed by atoms with van der Waals surface area (Å²) in [5.41, 5.74) is 5.93. The van der Waals surface area contributed by atoms with Crippen molar-refractivity contribution in [3.63, 3.8) is 0 Å². The molecule has 42 heavy (non-hydrogen) atoms. The van der Waals surface area contributed by atoms with Gasteiger partial charge in [0, 0.05) is 48.8 Å². The molecule has 0 aliphatic carbocycles. The van der Waals surface area contributed by atoms with Crippen molar-refractivity contribution in [2.24, 2.45) is 0 Å². The average molecular weight is 568 g/mol. The van der Waals surface area contributed by atoms with E-state index in [2.05, 4.69) is 40.7 Å². The van der Waals surface area contributed by atoms with Crippen LogP contribution in [-0.4, -0.2) is 68.8 Å². The van der Waals surface area contributed by atoms with Crippen molar-refractivity contribution < 1.29 is 8.78 Å². The summed E-state index contributed by atoms with van der Waals surface area (Å²) in [6.07, 6.45) is 4.91. The highest BCUT2D eigenvalue weighted by molar-refractivity contribution is 5.98. The Bertz CT molecular complexity index is 1880. The third-order valence-electron chi connectivity index (χ3n) is 7.03. The number of hydrogen-bond donors (Lipinski definition) is 4. The van der Waals surface area contributed by atoms with Crippen LogP contribution in [0.25, 0.3) is 55.8 Å². The summed E-state index contributed by atoms with van der Waals surface area (Å²) in [6, 6.07) is 12.4. The summed E-state index contributed by atoms with van der Waals surface area (Å²) in [4.78, 5) is 18.8. The molecule has 0 radical (unpaired) electrons. The normalized spacial score (nSPS) is 11.7. The molecule has 9 nitrogen and oxygen atoms in total. The van der Waals surface area contributed by atoms with Crippen molar-refractivity contribution in [1.82, 2.24) is 40.3 Å². The number of nitrogens with one attached hydrogen (secondary N) is 4. The third-order valence-corrected chi connectivity index (χ3v) is 7.03. The van der Waals surface area contributed by atoms with E-state index in [0.717, 1.165) is 29.7 Å². The van der Waals surface area contributed by atoms with Crippen LogP contribution in [-0.2, 0) is 6.54 Å². The number of anilines is 1. The Labute approximate surface area is 241 Å². The Hall–Kier alpha value is -4.74. The number of para-hydroxylation sites is 1. The number of rotatable bonds is 10. The van der Waals surface area contributed by atoms with Gasteiger partial charge in [-0.2, -0.15) is 5.10 Å². The lowest BCUT2D eigenvalue weighted by Gasteiger charge is -2.13. The number of nitrogens with zero attached hydrogens (tertiary/aromatic N) is 5. The maximum absolute atomic E-state index is 16.1. The van der Waals surface area contributed by atoms with Gasteiger partial charge < -0.3 is 20.5 Å². The molecular weight excluding hydrogens is 536 g/mol. The minimum Gasteiger partial charge on any atom is -0.384 e. The third kappa shape index (κ3) is 5.44. The standard InChI is InChI=1S/C31H31F2N9/c1-4-34-14-18-10-20(16-35-15-18)28-27(33)26-25(17-37-28)40-41-30(26)31-38-24-7-5-6-23(29(24)39-31)19-11-21(32)13-22(12-19)36-8-9-42(2)3/h5-7,10-13,15-17,34,36H,4,8-9,14H2,1-3H3,(H,38,39)(H,40,41). The molecule has 0 saturated heterocycles. The van der Waals surface area contributed by atoms with Crippen LogP contribution < -0.4 is 10.6 Å². The summed E-state index contributed by atoms with van der Waals surface area (Å²) in [5, 5.41) is 14.1. The molecule has 0 amide bonds. The number of halogens is 2. The van der Waals surface area contributed by atoms with Crippen LogP contribution >= 0.6 is 0 Å². The van der Waals surface area contributed by atoms with Crippen molar-refractivity contribution in [3.8, 4) is 33.9 Å². The van der Waals surface area contributed by atoms with Crippen LogP contribution in [0.3, 0.4) is 0 Å². The van der Waals surface area contributed by atoms with Gasteiger partial charge in [-0.05, 0) is 62.1 Å². The van der Waals surface area contributed by atoms with Crippen LogP contribution in [0.4, 0.5) is 14.5 Å². The molecule has 0 saturated carbocycles. The van der Waals surface area contributed by atoms with Crippen molar-refractivity contribution >= 4 is 27.6 Å². The molecule has 4 heterocycles. The Morgan fingerprint density at radius 2 is 1.83 bits per heavy atom. The number of imidazole rings is 1. The SMILES string of the molecule is CCNCc1cncc(-c2ncc3[nH]nc(-c4nc5c(-c6cc(F)cc(NCCN(C)C)c6)cccc5[nH]4)c3c2F)c1. The van der Waals surface area contributed by atoms with Gasteiger partial charge in [0.2, 0.25) is 0 Å². The first-order valence-corrected chi connectivity index (χ1v) is 13.8. The molecule has 0 unspecified atom stereocenters. The van der Waals surface area contributed by atoms with Gasteiger partial charge in [0.1, 0.15) is 17.2 Å². The van der Waals surface area contributed by atoms with Crippen molar-refractivity contribution in [2.45, 2.75) is 13.5 Å². The number of aromatic nitrogens is 6. The monoisotopic (exact) mass is 567 g/mol. The van der Waals surface area contributed by atoms with Crippen molar-refractivity contribution in [3.05, 3.63) is 78.3 Å². The van der Waals surface area contributed by atoms with E-state index >= 15 is 4.39 Å². The fourth-order valence-corrected chi connectivity index (χ4v) is 4.98. The van der Waals surface area contributed by atoms with E-state index in [4.69, 9.17) is 4.98 Å². The van der Waals surface area contributed by atoms with Gasteiger partial charge >= 0.3 is 0 Å². The maximum atomic E-state index is 16.1. The molecule has 6 aromatic rings. The van der Waals surface area contributed by atoms with Crippen LogP contribution in [0.5, 0.6) is 0 Å². The second-order valence-corrected chi connectivity index (χ2v) is 10.4. The fraction of sp³-hybridized carbons (Fsp3) is 0.226. The smallest absolute Gasteiger partial charge is 0.161 e. The first-order valence-electron chi connectivity index (χ1n) is 13.8. The van der Waals surface area contributed by atoms with Crippen LogP contribution in [0.1, 0.15) is 12.5 Å². The molecule has 0 aliphatic heterocycles. The van der Waals surface area contributed by atoms with Crippen LogP contribution in [0, 0.1) is 11.6 Å². The lowest BCUT2D eigenvalue weighted by atomic mass is 10.0. The number of H-pyrrole nitrogens is 2. The molecule has 0 spiro atoms. The minimum absolute atomic E-state index is 0.182. The van der Waals surface area contributed by atoms with E-state index in [1.165, 1.54) is 12.1 Å². The zero-order chi connectivity index (χ0) is 29.2. The quantitative estimate of drug-likeness (QED) is 0.171. The molecule has 11 heteroatoms. The largest absolute Gasteiger partial charge is 0.384 e. The van der Waals surface area contributed by atoms with Gasteiger partial charge in [0.15, 0.2) is 11.6 Å². The lowest BCUT2D eigenvalue weighted by Crippen LogP contribution is -2.20. The average Bonchev–Trinajstić information content (AvgIpc) is 3.61. The summed E-state index contributed by atoms with van der Waals surface area (Å²) < 4.78 is 30.8. The predicted octanol–water partition coefficient (Wildman–Crippen LogP) is 5.59. The highest BCUT2D eigenvalue weighted by Gasteiger charge is 2.21. The van der Waals surface area contributed by atoms with Gasteiger partial charge in [-0.1, -0.05) is 19.1 Å². The molecule has 0 bridgehead atoms. The predicted molar refractivity (Wildman–Crippen MR) is 162 cm³/mol. The Morgan fingerprint density at radius 1 is 0.952 bits per heavy atom. The van der Waals surface area contributed by atoms with Gasteiger partial charge in [-0.15, -0.1) is 0 Å². The van der Waals surface area contributed by atoms with E-state index in [1.807, 2.05) is 51.4 Å². The molecule has 0 aliphatic rings. The maximum Gasteiger partial charge on any atom is 0.161 e. The first-order chi connectivity index (χ1) is 20.4. The van der Waals surface area contributed by atoms with Gasteiger partial charge in [0.05, 0.1) is 28.1 Å². The summed E-state index contributed by atoms with van der Waals surface area (Å²) >= 11 is 0. The summed E-state index contributed by atoms with van der Waals surface area (Å²) in [7, 11) is 3.97. The highest BCUT2D eigenvalue weighted by atomic mass is 19.1. The zero-order valence-electron chi connectivity index (χ0n) is 23.6. The Kier molecular flexibility index (Phi) is 7.60. The summed E-state index contributed by atoms with van der Waals surface area (Å²) in [6.45, 7) is 4.95. The number of pyridine rings is 2. The molecule has 4 aromatic heterocycles. The van der Waals surface area contributed by atoms with Crippen molar-refractivity contribution in [1.29, 1.82) is 0 Å². The van der Waals surface area contributed by atoms with E-state index in [1.54, 1.807) is 18.6 Å². The number of likely N-dealkylation sites (N-methyl/N-ethyl adjacent to an activating group) is 1. The topological polar surface area (TPSA) is 110 Å². The van der Waals surface area contributed by atoms with Gasteiger partial charge in [0.25, 0.3) is 0 Å². The number of fused-ring (bicyclic) bond motifs is 2. The second-order valence-electron chi connectivity index (χ2n) is 10.4. The minimum atomic E-state index is -0.516. The van der Waals surface area contributed by atoms with E-state index in [0.29, 0.717) is 52.5 Å². The van der Waals surface area contributed by atoms with E-state index in [-0.39, 0.29) is 16.9 Å². The van der Waals surface area contributed by atoms with E-state index in [9.17, 15) is 4.39 Å². The fourth-order valence-electron chi connectivity index (χ4n) is 4.98. The Morgan fingerprint density at radius 3 is 2.67 bits per heavy atom. The Balaban J connectivity index is 1.40. The molecule has 214 valence electrons. The van der Waals surface area contributed by atoms with Crippen molar-refractivity contribution in [2.75, 3.05) is 39.0 Å². The lowest BCUT2D eigenvalue weighted by molar-refractivity contribution is 0.425. The molecule has 0 fully saturated rings. The molecule has 6 rings (SSSR count). The highest BCUT2D eigenvalue weighted by Crippen LogP contribution is 2.35. The summed E-state index contributed by atoms with van der Waals surface area (Å²) in [5.74, 6) is -0.477. The van der Waals surface area contributed by atoms with Crippen LogP contribution in [0.2, 0.25) is 0 Å². The first kappa shape index (κ1) is 27.4. The number of benzene rings is 2. The molecule has 4 N–H and O–H groups in total. The van der Waals surface area contributed by atoms with Crippen LogP contribution in [0.15, 0.2) is 61.1 Å². The molecular formula is C31H31F2N9. The number of aromatic amines is 2. The second kappa shape index (κ2) is 11.6.